The summed E-state index contributed by atoms with van der Waals surface area (Å²) in [7, 11) is 0. The van der Waals surface area contributed by atoms with E-state index in [0.717, 1.165) is 11.3 Å². The molecule has 2 rings (SSSR count). The van der Waals surface area contributed by atoms with Crippen molar-refractivity contribution in [3.8, 4) is 0 Å². The zero-order valence-corrected chi connectivity index (χ0v) is 11.0. The molecule has 102 valence electrons. The Labute approximate surface area is 111 Å². The van der Waals surface area contributed by atoms with Crippen molar-refractivity contribution < 1.29 is 8.78 Å². The fourth-order valence-electron chi connectivity index (χ4n) is 1.70. The molecule has 2 aromatic rings. The molecule has 0 fully saturated rings. The van der Waals surface area contributed by atoms with Gasteiger partial charge in [-0.1, -0.05) is 24.3 Å². The zero-order chi connectivity index (χ0) is 13.8. The number of nitrogens with one attached hydrogen (secondary N) is 1. The highest BCUT2D eigenvalue weighted by molar-refractivity contribution is 5.39. The molecule has 1 aromatic carbocycles. The van der Waals surface area contributed by atoms with Crippen LogP contribution in [-0.4, -0.2) is 9.78 Å². The molecule has 0 aliphatic rings. The van der Waals surface area contributed by atoms with E-state index in [1.807, 2.05) is 10.9 Å². The van der Waals surface area contributed by atoms with Crippen LogP contribution in [0.25, 0.3) is 0 Å². The standard InChI is InChI=1S/C14H17F2N3/c1-10(2)19-9-13(8-18-19)17-7-11-3-5-12(6-4-11)14(15)16/h3-6,8-10,14,17H,7H2,1-2H3. The second kappa shape index (κ2) is 5.82. The van der Waals surface area contributed by atoms with Gasteiger partial charge in [0.15, 0.2) is 0 Å². The van der Waals surface area contributed by atoms with Crippen LogP contribution in [0.3, 0.4) is 0 Å². The van der Waals surface area contributed by atoms with Gasteiger partial charge in [0.1, 0.15) is 0 Å². The van der Waals surface area contributed by atoms with Crippen molar-refractivity contribution in [1.82, 2.24) is 9.78 Å². The average molecular weight is 265 g/mol. The number of rotatable bonds is 5. The molecule has 0 amide bonds. The van der Waals surface area contributed by atoms with Crippen molar-refractivity contribution in [1.29, 1.82) is 0 Å². The molecule has 19 heavy (non-hydrogen) atoms. The van der Waals surface area contributed by atoms with E-state index in [0.29, 0.717) is 12.6 Å². The Morgan fingerprint density at radius 3 is 2.42 bits per heavy atom. The zero-order valence-electron chi connectivity index (χ0n) is 11.0. The van der Waals surface area contributed by atoms with Gasteiger partial charge in [-0.05, 0) is 19.4 Å². The largest absolute Gasteiger partial charge is 0.378 e. The minimum atomic E-state index is -2.41. The van der Waals surface area contributed by atoms with Crippen LogP contribution in [0.15, 0.2) is 36.7 Å². The summed E-state index contributed by atoms with van der Waals surface area (Å²) in [6.45, 7) is 4.70. The van der Waals surface area contributed by atoms with Crippen molar-refractivity contribution >= 4 is 5.69 Å². The fraction of sp³-hybridized carbons (Fsp3) is 0.357. The summed E-state index contributed by atoms with van der Waals surface area (Å²) in [5, 5.41) is 7.43. The maximum Gasteiger partial charge on any atom is 0.263 e. The molecule has 1 N–H and O–H groups in total. The average Bonchev–Trinajstić information content (AvgIpc) is 2.86. The van der Waals surface area contributed by atoms with Gasteiger partial charge in [0.2, 0.25) is 0 Å². The minimum Gasteiger partial charge on any atom is -0.378 e. The summed E-state index contributed by atoms with van der Waals surface area (Å²) in [5.41, 5.74) is 1.93. The van der Waals surface area contributed by atoms with Crippen LogP contribution in [0.4, 0.5) is 14.5 Å². The minimum absolute atomic E-state index is 0.0522. The lowest BCUT2D eigenvalue weighted by Crippen LogP contribution is -2.01. The molecule has 0 spiro atoms. The normalized spacial score (nSPS) is 11.3. The monoisotopic (exact) mass is 265 g/mol. The fourth-order valence-corrected chi connectivity index (χ4v) is 1.70. The molecule has 5 heteroatoms. The van der Waals surface area contributed by atoms with E-state index in [1.54, 1.807) is 18.3 Å². The van der Waals surface area contributed by atoms with Crippen LogP contribution in [0, 0.1) is 0 Å². The highest BCUT2D eigenvalue weighted by Crippen LogP contribution is 2.19. The Morgan fingerprint density at radius 1 is 1.21 bits per heavy atom. The van der Waals surface area contributed by atoms with Crippen LogP contribution in [0.5, 0.6) is 0 Å². The molecule has 0 atom stereocenters. The number of hydrogen-bond donors (Lipinski definition) is 1. The molecule has 0 aliphatic carbocycles. The highest BCUT2D eigenvalue weighted by Gasteiger charge is 2.06. The molecule has 0 radical (unpaired) electrons. The summed E-state index contributed by atoms with van der Waals surface area (Å²) < 4.78 is 26.7. The van der Waals surface area contributed by atoms with Crippen LogP contribution >= 0.6 is 0 Å². The number of alkyl halides is 2. The Balaban J connectivity index is 1.94. The topological polar surface area (TPSA) is 29.9 Å². The maximum atomic E-state index is 12.4. The third-order valence-corrected chi connectivity index (χ3v) is 2.86. The maximum absolute atomic E-state index is 12.4. The second-order valence-electron chi connectivity index (χ2n) is 4.70. The first kappa shape index (κ1) is 13.5. The molecule has 1 aromatic heterocycles. The predicted octanol–water partition coefficient (Wildman–Crippen LogP) is 4.01. The van der Waals surface area contributed by atoms with Gasteiger partial charge in [-0.3, -0.25) is 4.68 Å². The van der Waals surface area contributed by atoms with Crippen molar-refractivity contribution in [3.05, 3.63) is 47.8 Å². The summed E-state index contributed by atoms with van der Waals surface area (Å²) >= 11 is 0. The lowest BCUT2D eigenvalue weighted by atomic mass is 10.1. The van der Waals surface area contributed by atoms with Gasteiger partial charge in [0, 0.05) is 24.3 Å². The number of anilines is 1. The molecule has 0 aliphatic heterocycles. The number of aromatic nitrogens is 2. The van der Waals surface area contributed by atoms with Crippen LogP contribution in [0.2, 0.25) is 0 Å². The van der Waals surface area contributed by atoms with Gasteiger partial charge in [0.25, 0.3) is 6.43 Å². The Kier molecular flexibility index (Phi) is 4.14. The lowest BCUT2D eigenvalue weighted by molar-refractivity contribution is 0.151. The third kappa shape index (κ3) is 3.53. The summed E-state index contributed by atoms with van der Waals surface area (Å²) in [4.78, 5) is 0. The van der Waals surface area contributed by atoms with Crippen molar-refractivity contribution in [2.24, 2.45) is 0 Å². The lowest BCUT2D eigenvalue weighted by Gasteiger charge is -2.06. The highest BCUT2D eigenvalue weighted by atomic mass is 19.3. The van der Waals surface area contributed by atoms with Crippen molar-refractivity contribution in [3.63, 3.8) is 0 Å². The molecule has 3 nitrogen and oxygen atoms in total. The molecule has 0 unspecified atom stereocenters. The van der Waals surface area contributed by atoms with Crippen molar-refractivity contribution in [2.75, 3.05) is 5.32 Å². The molecule has 0 saturated carbocycles. The molecule has 0 saturated heterocycles. The van der Waals surface area contributed by atoms with Gasteiger partial charge in [-0.15, -0.1) is 0 Å². The summed E-state index contributed by atoms with van der Waals surface area (Å²) in [6.07, 6.45) is 1.28. The first-order valence-corrected chi connectivity index (χ1v) is 6.21. The van der Waals surface area contributed by atoms with Crippen LogP contribution in [0.1, 0.15) is 37.4 Å². The quantitative estimate of drug-likeness (QED) is 0.885. The van der Waals surface area contributed by atoms with E-state index in [1.165, 1.54) is 12.1 Å². The predicted molar refractivity (Wildman–Crippen MR) is 71.3 cm³/mol. The van der Waals surface area contributed by atoms with E-state index in [-0.39, 0.29) is 5.56 Å². The molecule has 0 bridgehead atoms. The van der Waals surface area contributed by atoms with Gasteiger partial charge >= 0.3 is 0 Å². The van der Waals surface area contributed by atoms with E-state index in [2.05, 4.69) is 24.3 Å². The summed E-state index contributed by atoms with van der Waals surface area (Å²) in [5.74, 6) is 0. The first-order valence-electron chi connectivity index (χ1n) is 6.21. The van der Waals surface area contributed by atoms with Gasteiger partial charge in [-0.2, -0.15) is 5.10 Å². The number of hydrogen-bond acceptors (Lipinski definition) is 2. The van der Waals surface area contributed by atoms with E-state index < -0.39 is 6.43 Å². The van der Waals surface area contributed by atoms with E-state index in [4.69, 9.17) is 0 Å². The van der Waals surface area contributed by atoms with Crippen molar-refractivity contribution in [2.45, 2.75) is 32.9 Å². The molecular formula is C14H17F2N3. The Morgan fingerprint density at radius 2 is 1.89 bits per heavy atom. The number of nitrogens with zero attached hydrogens (tertiary/aromatic N) is 2. The molecule has 1 heterocycles. The SMILES string of the molecule is CC(C)n1cc(NCc2ccc(C(F)F)cc2)cn1. The van der Waals surface area contributed by atoms with E-state index in [9.17, 15) is 8.78 Å². The van der Waals surface area contributed by atoms with Gasteiger partial charge < -0.3 is 5.32 Å². The Bertz CT molecular complexity index is 518. The first-order chi connectivity index (χ1) is 9.06. The van der Waals surface area contributed by atoms with Gasteiger partial charge in [0.05, 0.1) is 11.9 Å². The number of benzene rings is 1. The van der Waals surface area contributed by atoms with Gasteiger partial charge in [-0.25, -0.2) is 8.78 Å². The number of halogens is 2. The second-order valence-corrected chi connectivity index (χ2v) is 4.70. The van der Waals surface area contributed by atoms with Crippen LogP contribution in [-0.2, 0) is 6.54 Å². The van der Waals surface area contributed by atoms with Crippen LogP contribution < -0.4 is 5.32 Å². The Hall–Kier alpha value is -1.91. The third-order valence-electron chi connectivity index (χ3n) is 2.86. The van der Waals surface area contributed by atoms with E-state index >= 15 is 0 Å². The summed E-state index contributed by atoms with van der Waals surface area (Å²) in [6, 6.07) is 6.65. The molecular weight excluding hydrogens is 248 g/mol. The smallest absolute Gasteiger partial charge is 0.263 e.